The number of ether oxygens (including phenoxy) is 1. The van der Waals surface area contributed by atoms with Crippen LogP contribution in [-0.2, 0) is 9.53 Å². The third-order valence-electron chi connectivity index (χ3n) is 3.43. The fraction of sp³-hybridized carbons (Fsp3) is 0.643. The van der Waals surface area contributed by atoms with E-state index in [0.717, 1.165) is 5.76 Å². The second-order valence-corrected chi connectivity index (χ2v) is 5.21. The van der Waals surface area contributed by atoms with Gasteiger partial charge < -0.3 is 14.5 Å². The van der Waals surface area contributed by atoms with Gasteiger partial charge >= 0.3 is 6.18 Å². The molecule has 2 heterocycles. The summed E-state index contributed by atoms with van der Waals surface area (Å²) in [4.78, 5) is 13.4. The smallest absolute Gasteiger partial charge is 0.397 e. The lowest BCUT2D eigenvalue weighted by Crippen LogP contribution is -2.44. The Morgan fingerprint density at radius 2 is 2.05 bits per heavy atom. The SMILES string of the molecule is Cc1ccc(C(CNC(=O)CC(F)(F)F)N2CCOCC2)o1. The van der Waals surface area contributed by atoms with Crippen LogP contribution in [0.4, 0.5) is 13.2 Å². The van der Waals surface area contributed by atoms with Crippen molar-refractivity contribution in [3.05, 3.63) is 23.7 Å². The van der Waals surface area contributed by atoms with Crippen molar-refractivity contribution in [2.24, 2.45) is 0 Å². The van der Waals surface area contributed by atoms with Gasteiger partial charge in [0.05, 0.1) is 19.3 Å². The van der Waals surface area contributed by atoms with Gasteiger partial charge in [0.1, 0.15) is 17.9 Å². The van der Waals surface area contributed by atoms with Gasteiger partial charge in [0, 0.05) is 19.6 Å². The average molecular weight is 320 g/mol. The molecule has 1 atom stereocenters. The fourth-order valence-corrected chi connectivity index (χ4v) is 2.39. The van der Waals surface area contributed by atoms with Gasteiger partial charge in [0.15, 0.2) is 0 Å². The Kier molecular flexibility index (Phi) is 5.47. The van der Waals surface area contributed by atoms with E-state index in [2.05, 4.69) is 5.32 Å². The van der Waals surface area contributed by atoms with Crippen molar-refractivity contribution in [3.8, 4) is 0 Å². The number of nitrogens with zero attached hydrogens (tertiary/aromatic N) is 1. The highest BCUT2D eigenvalue weighted by molar-refractivity contribution is 5.76. The van der Waals surface area contributed by atoms with Crippen LogP contribution >= 0.6 is 0 Å². The lowest BCUT2D eigenvalue weighted by molar-refractivity contribution is -0.153. The molecule has 124 valence electrons. The van der Waals surface area contributed by atoms with Crippen molar-refractivity contribution in [3.63, 3.8) is 0 Å². The molecule has 0 aromatic carbocycles. The summed E-state index contributed by atoms with van der Waals surface area (Å²) in [5, 5.41) is 2.34. The molecular weight excluding hydrogens is 301 g/mol. The number of alkyl halides is 3. The number of hydrogen-bond acceptors (Lipinski definition) is 4. The molecular formula is C14H19F3N2O3. The molecule has 1 saturated heterocycles. The molecule has 1 amide bonds. The van der Waals surface area contributed by atoms with E-state index in [9.17, 15) is 18.0 Å². The van der Waals surface area contributed by atoms with Crippen LogP contribution in [0.1, 0.15) is 24.0 Å². The monoisotopic (exact) mass is 320 g/mol. The standard InChI is InChI=1S/C14H19F3N2O3/c1-10-2-3-12(22-10)11(19-4-6-21-7-5-19)9-18-13(20)8-14(15,16)17/h2-3,11H,4-9H2,1H3,(H,18,20). The number of furan rings is 1. The van der Waals surface area contributed by atoms with Crippen molar-refractivity contribution in [2.45, 2.75) is 25.6 Å². The van der Waals surface area contributed by atoms with Crippen LogP contribution in [0.5, 0.6) is 0 Å². The molecule has 1 aliphatic heterocycles. The Morgan fingerprint density at radius 3 is 2.59 bits per heavy atom. The van der Waals surface area contributed by atoms with E-state index in [-0.39, 0.29) is 12.6 Å². The molecule has 2 rings (SSSR count). The first-order chi connectivity index (χ1) is 10.3. The van der Waals surface area contributed by atoms with Crippen LogP contribution in [0.3, 0.4) is 0 Å². The van der Waals surface area contributed by atoms with Gasteiger partial charge in [0.2, 0.25) is 5.91 Å². The van der Waals surface area contributed by atoms with E-state index in [1.165, 1.54) is 0 Å². The second kappa shape index (κ2) is 7.15. The number of carbonyl (C=O) groups excluding carboxylic acids is 1. The van der Waals surface area contributed by atoms with Crippen LogP contribution in [0.2, 0.25) is 0 Å². The molecule has 1 N–H and O–H groups in total. The largest absolute Gasteiger partial charge is 0.465 e. The minimum absolute atomic E-state index is 0.0713. The molecule has 0 bridgehead atoms. The molecule has 1 aliphatic rings. The van der Waals surface area contributed by atoms with E-state index in [4.69, 9.17) is 9.15 Å². The first-order valence-electron chi connectivity index (χ1n) is 7.07. The molecule has 0 radical (unpaired) electrons. The van der Waals surface area contributed by atoms with Crippen LogP contribution < -0.4 is 5.32 Å². The third-order valence-corrected chi connectivity index (χ3v) is 3.43. The lowest BCUT2D eigenvalue weighted by Gasteiger charge is -2.33. The maximum absolute atomic E-state index is 12.2. The zero-order valence-corrected chi connectivity index (χ0v) is 12.3. The zero-order valence-electron chi connectivity index (χ0n) is 12.3. The number of rotatable bonds is 5. The predicted molar refractivity (Wildman–Crippen MR) is 72.3 cm³/mol. The zero-order chi connectivity index (χ0) is 16.2. The molecule has 1 fully saturated rings. The highest BCUT2D eigenvalue weighted by Gasteiger charge is 2.32. The average Bonchev–Trinajstić information content (AvgIpc) is 2.85. The van der Waals surface area contributed by atoms with Gasteiger partial charge in [-0.15, -0.1) is 0 Å². The molecule has 0 aliphatic carbocycles. The van der Waals surface area contributed by atoms with Gasteiger partial charge in [-0.05, 0) is 19.1 Å². The number of hydrogen-bond donors (Lipinski definition) is 1. The van der Waals surface area contributed by atoms with E-state index >= 15 is 0 Å². The quantitative estimate of drug-likeness (QED) is 0.902. The number of amides is 1. The van der Waals surface area contributed by atoms with Crippen LogP contribution in [0.15, 0.2) is 16.5 Å². The number of nitrogens with one attached hydrogen (secondary N) is 1. The molecule has 8 heteroatoms. The molecule has 0 spiro atoms. The summed E-state index contributed by atoms with van der Waals surface area (Å²) in [6.07, 6.45) is -5.97. The third kappa shape index (κ3) is 5.03. The van der Waals surface area contributed by atoms with Gasteiger partial charge in [-0.1, -0.05) is 0 Å². The van der Waals surface area contributed by atoms with Crippen molar-refractivity contribution in [1.82, 2.24) is 10.2 Å². The summed E-state index contributed by atoms with van der Waals surface area (Å²) in [5.74, 6) is 0.315. The Hall–Kier alpha value is -1.54. The first kappa shape index (κ1) is 16.8. The van der Waals surface area contributed by atoms with Crippen LogP contribution in [0, 0.1) is 6.92 Å². The fourth-order valence-electron chi connectivity index (χ4n) is 2.39. The van der Waals surface area contributed by atoms with Crippen molar-refractivity contribution in [1.29, 1.82) is 0 Å². The number of aryl methyl sites for hydroxylation is 1. The molecule has 0 saturated carbocycles. The van der Waals surface area contributed by atoms with Gasteiger partial charge in [-0.2, -0.15) is 13.2 Å². The maximum Gasteiger partial charge on any atom is 0.397 e. The van der Waals surface area contributed by atoms with E-state index in [1.54, 1.807) is 19.1 Å². The summed E-state index contributed by atoms with van der Waals surface area (Å²) in [5.41, 5.74) is 0. The first-order valence-corrected chi connectivity index (χ1v) is 7.07. The molecule has 5 nitrogen and oxygen atoms in total. The number of carbonyl (C=O) groups is 1. The second-order valence-electron chi connectivity index (χ2n) is 5.21. The van der Waals surface area contributed by atoms with Gasteiger partial charge in [0.25, 0.3) is 0 Å². The minimum Gasteiger partial charge on any atom is -0.465 e. The minimum atomic E-state index is -4.50. The highest BCUT2D eigenvalue weighted by Crippen LogP contribution is 2.24. The van der Waals surface area contributed by atoms with Crippen molar-refractivity contribution >= 4 is 5.91 Å². The number of halogens is 3. The Balaban J connectivity index is 2.00. The van der Waals surface area contributed by atoms with Gasteiger partial charge in [-0.3, -0.25) is 9.69 Å². The summed E-state index contributed by atoms with van der Waals surface area (Å²) >= 11 is 0. The van der Waals surface area contributed by atoms with Gasteiger partial charge in [-0.25, -0.2) is 0 Å². The van der Waals surface area contributed by atoms with Crippen molar-refractivity contribution in [2.75, 3.05) is 32.8 Å². The Bertz CT molecular complexity index is 496. The van der Waals surface area contributed by atoms with Crippen LogP contribution in [0.25, 0.3) is 0 Å². The Morgan fingerprint density at radius 1 is 1.36 bits per heavy atom. The van der Waals surface area contributed by atoms with Crippen LogP contribution in [-0.4, -0.2) is 49.8 Å². The highest BCUT2D eigenvalue weighted by atomic mass is 19.4. The normalized spacial score (nSPS) is 18.2. The molecule has 22 heavy (non-hydrogen) atoms. The maximum atomic E-state index is 12.2. The summed E-state index contributed by atoms with van der Waals surface area (Å²) in [6, 6.07) is 3.28. The molecule has 1 unspecified atom stereocenters. The van der Waals surface area contributed by atoms with Crippen molar-refractivity contribution < 1.29 is 27.1 Å². The predicted octanol–water partition coefficient (Wildman–Crippen LogP) is 2.03. The molecule has 1 aromatic rings. The summed E-state index contributed by atoms with van der Waals surface area (Å²) in [6.45, 7) is 4.24. The summed E-state index contributed by atoms with van der Waals surface area (Å²) in [7, 11) is 0. The van der Waals surface area contributed by atoms with E-state index in [0.29, 0.717) is 32.1 Å². The summed E-state index contributed by atoms with van der Waals surface area (Å²) < 4.78 is 47.5. The lowest BCUT2D eigenvalue weighted by atomic mass is 10.1. The van der Waals surface area contributed by atoms with E-state index < -0.39 is 18.5 Å². The molecule has 1 aromatic heterocycles. The van der Waals surface area contributed by atoms with E-state index in [1.807, 2.05) is 4.90 Å². The Labute approximate surface area is 126 Å². The number of morpholine rings is 1. The topological polar surface area (TPSA) is 54.7 Å².